The van der Waals surface area contributed by atoms with Gasteiger partial charge in [0.2, 0.25) is 0 Å². The third-order valence-corrected chi connectivity index (χ3v) is 4.02. The first-order valence-corrected chi connectivity index (χ1v) is 7.38. The summed E-state index contributed by atoms with van der Waals surface area (Å²) in [4.78, 5) is 8.73. The van der Waals surface area contributed by atoms with Crippen molar-refractivity contribution < 1.29 is 4.39 Å². The molecule has 2 aromatic rings. The predicted molar refractivity (Wildman–Crippen MR) is 78.7 cm³/mol. The lowest BCUT2D eigenvalue weighted by Gasteiger charge is -2.11. The molecule has 20 heavy (non-hydrogen) atoms. The van der Waals surface area contributed by atoms with Gasteiger partial charge in [-0.2, -0.15) is 0 Å². The van der Waals surface area contributed by atoms with Gasteiger partial charge in [0.05, 0.1) is 0 Å². The number of benzene rings is 1. The predicted octanol–water partition coefficient (Wildman–Crippen LogP) is 5.25. The Morgan fingerprint density at radius 3 is 2.45 bits per heavy atom. The van der Waals surface area contributed by atoms with Crippen molar-refractivity contribution in [3.63, 3.8) is 0 Å². The average Bonchev–Trinajstić information content (AvgIpc) is 2.90. The van der Waals surface area contributed by atoms with Crippen LogP contribution in [0.25, 0.3) is 11.4 Å². The largest absolute Gasteiger partial charge is 0.233 e. The van der Waals surface area contributed by atoms with Gasteiger partial charge in [-0.05, 0) is 37.1 Å². The second-order valence-electron chi connectivity index (χ2n) is 5.08. The van der Waals surface area contributed by atoms with Gasteiger partial charge in [0, 0.05) is 22.2 Å². The van der Waals surface area contributed by atoms with Crippen molar-refractivity contribution >= 4 is 23.2 Å². The van der Waals surface area contributed by atoms with E-state index in [2.05, 4.69) is 9.97 Å². The number of nitrogens with zero attached hydrogens (tertiary/aromatic N) is 2. The van der Waals surface area contributed by atoms with E-state index in [-0.39, 0.29) is 0 Å². The standard InChI is InChI=1S/C15H13Cl2FN2/c16-11-5-10(6-12(18)7-11)15-19-13(8-14(17)20-15)9-3-1-2-4-9/h5-9H,1-4H2. The van der Waals surface area contributed by atoms with E-state index in [4.69, 9.17) is 23.2 Å². The molecule has 0 amide bonds. The first-order chi connectivity index (χ1) is 9.61. The van der Waals surface area contributed by atoms with Crippen molar-refractivity contribution in [1.82, 2.24) is 9.97 Å². The van der Waals surface area contributed by atoms with E-state index in [1.165, 1.54) is 25.0 Å². The summed E-state index contributed by atoms with van der Waals surface area (Å²) in [6.45, 7) is 0. The normalized spacial score (nSPS) is 15.8. The summed E-state index contributed by atoms with van der Waals surface area (Å²) >= 11 is 12.0. The number of rotatable bonds is 2. The minimum Gasteiger partial charge on any atom is -0.233 e. The van der Waals surface area contributed by atoms with Crippen LogP contribution in [0.4, 0.5) is 4.39 Å². The highest BCUT2D eigenvalue weighted by atomic mass is 35.5. The first-order valence-electron chi connectivity index (χ1n) is 6.63. The zero-order valence-corrected chi connectivity index (χ0v) is 12.3. The molecule has 0 radical (unpaired) electrons. The molecule has 1 aromatic heterocycles. The molecule has 0 unspecified atom stereocenters. The molecule has 1 aliphatic carbocycles. The van der Waals surface area contributed by atoms with Gasteiger partial charge in [0.15, 0.2) is 5.82 Å². The molecule has 0 N–H and O–H groups in total. The van der Waals surface area contributed by atoms with Gasteiger partial charge >= 0.3 is 0 Å². The number of hydrogen-bond acceptors (Lipinski definition) is 2. The molecule has 3 rings (SSSR count). The summed E-state index contributed by atoms with van der Waals surface area (Å²) in [5, 5.41) is 0.711. The fourth-order valence-electron chi connectivity index (χ4n) is 2.68. The van der Waals surface area contributed by atoms with Crippen molar-refractivity contribution in [2.24, 2.45) is 0 Å². The lowest BCUT2D eigenvalue weighted by Crippen LogP contribution is -2.00. The van der Waals surface area contributed by atoms with Crippen LogP contribution in [0, 0.1) is 5.82 Å². The molecule has 1 aromatic carbocycles. The van der Waals surface area contributed by atoms with Gasteiger partial charge in [0.25, 0.3) is 0 Å². The minimum absolute atomic E-state index is 0.325. The van der Waals surface area contributed by atoms with Crippen molar-refractivity contribution in [2.45, 2.75) is 31.6 Å². The molecule has 0 spiro atoms. The van der Waals surface area contributed by atoms with Crippen LogP contribution in [0.3, 0.4) is 0 Å². The summed E-state index contributed by atoms with van der Waals surface area (Å²) in [6.07, 6.45) is 4.67. The Bertz CT molecular complexity index is 620. The third-order valence-electron chi connectivity index (χ3n) is 3.61. The Hall–Kier alpha value is -1.19. The maximum Gasteiger partial charge on any atom is 0.161 e. The van der Waals surface area contributed by atoms with Crippen molar-refractivity contribution in [1.29, 1.82) is 0 Å². The van der Waals surface area contributed by atoms with Gasteiger partial charge in [-0.3, -0.25) is 0 Å². The molecule has 5 heteroatoms. The van der Waals surface area contributed by atoms with Gasteiger partial charge in [-0.1, -0.05) is 36.0 Å². The van der Waals surface area contributed by atoms with Crippen LogP contribution in [0.5, 0.6) is 0 Å². The Labute approximate surface area is 127 Å². The van der Waals surface area contributed by atoms with Crippen LogP contribution in [0.2, 0.25) is 10.2 Å². The number of aromatic nitrogens is 2. The zero-order valence-electron chi connectivity index (χ0n) is 10.7. The lowest BCUT2D eigenvalue weighted by atomic mass is 10.0. The van der Waals surface area contributed by atoms with Crippen molar-refractivity contribution in [3.8, 4) is 11.4 Å². The summed E-state index contributed by atoms with van der Waals surface area (Å²) in [6, 6.07) is 6.08. The molecule has 0 saturated heterocycles. The molecule has 0 aliphatic heterocycles. The Morgan fingerprint density at radius 2 is 1.75 bits per heavy atom. The lowest BCUT2D eigenvalue weighted by molar-refractivity contribution is 0.628. The maximum absolute atomic E-state index is 13.4. The Kier molecular flexibility index (Phi) is 3.90. The number of hydrogen-bond donors (Lipinski definition) is 0. The van der Waals surface area contributed by atoms with Crippen LogP contribution in [-0.4, -0.2) is 9.97 Å². The molecule has 104 valence electrons. The molecule has 1 fully saturated rings. The zero-order chi connectivity index (χ0) is 14.1. The summed E-state index contributed by atoms with van der Waals surface area (Å²) in [5.41, 5.74) is 1.50. The van der Waals surface area contributed by atoms with Crippen LogP contribution in [-0.2, 0) is 0 Å². The molecule has 0 bridgehead atoms. The highest BCUT2D eigenvalue weighted by molar-refractivity contribution is 6.31. The van der Waals surface area contributed by atoms with Crippen molar-refractivity contribution in [2.75, 3.05) is 0 Å². The SMILES string of the molecule is Fc1cc(Cl)cc(-c2nc(Cl)cc(C3CCCC3)n2)c1. The second-order valence-corrected chi connectivity index (χ2v) is 5.90. The van der Waals surface area contributed by atoms with E-state index >= 15 is 0 Å². The highest BCUT2D eigenvalue weighted by Gasteiger charge is 2.20. The van der Waals surface area contributed by atoms with E-state index in [0.29, 0.717) is 27.5 Å². The molecule has 1 saturated carbocycles. The molecule has 0 atom stereocenters. The fraction of sp³-hybridized carbons (Fsp3) is 0.333. The first kappa shape index (κ1) is 13.8. The average molecular weight is 311 g/mol. The van der Waals surface area contributed by atoms with Gasteiger partial charge in [0.1, 0.15) is 11.0 Å². The maximum atomic E-state index is 13.4. The topological polar surface area (TPSA) is 25.8 Å². The smallest absolute Gasteiger partial charge is 0.161 e. The fourth-order valence-corrected chi connectivity index (χ4v) is 3.09. The van der Waals surface area contributed by atoms with E-state index in [9.17, 15) is 4.39 Å². The van der Waals surface area contributed by atoms with Crippen LogP contribution in [0.1, 0.15) is 37.3 Å². The highest BCUT2D eigenvalue weighted by Crippen LogP contribution is 2.34. The Morgan fingerprint density at radius 1 is 1.00 bits per heavy atom. The third kappa shape index (κ3) is 2.94. The van der Waals surface area contributed by atoms with Gasteiger partial charge < -0.3 is 0 Å². The quantitative estimate of drug-likeness (QED) is 0.708. The van der Waals surface area contributed by atoms with Crippen LogP contribution in [0.15, 0.2) is 24.3 Å². The molecule has 1 aliphatic rings. The molecular weight excluding hydrogens is 298 g/mol. The molecule has 1 heterocycles. The van der Waals surface area contributed by atoms with Crippen LogP contribution < -0.4 is 0 Å². The summed E-state index contributed by atoms with van der Waals surface area (Å²) in [5.74, 6) is 0.456. The van der Waals surface area contributed by atoms with E-state index in [0.717, 1.165) is 18.5 Å². The molecule has 2 nitrogen and oxygen atoms in total. The van der Waals surface area contributed by atoms with E-state index < -0.39 is 5.82 Å². The van der Waals surface area contributed by atoms with Crippen LogP contribution >= 0.6 is 23.2 Å². The van der Waals surface area contributed by atoms with Crippen molar-refractivity contribution in [3.05, 3.63) is 46.0 Å². The monoisotopic (exact) mass is 310 g/mol. The summed E-state index contributed by atoms with van der Waals surface area (Å²) < 4.78 is 13.4. The molecular formula is C15H13Cl2FN2. The van der Waals surface area contributed by atoms with Gasteiger partial charge in [-0.15, -0.1) is 0 Å². The van der Waals surface area contributed by atoms with E-state index in [1.807, 2.05) is 6.07 Å². The number of halogens is 3. The second kappa shape index (κ2) is 5.66. The van der Waals surface area contributed by atoms with E-state index in [1.54, 1.807) is 6.07 Å². The Balaban J connectivity index is 2.04. The van der Waals surface area contributed by atoms with Gasteiger partial charge in [-0.25, -0.2) is 14.4 Å². The summed E-state index contributed by atoms with van der Waals surface area (Å²) in [7, 11) is 0. The minimum atomic E-state index is -0.404.